The number of carbonyl (C=O) groups excluding carboxylic acids is 1. The summed E-state index contributed by atoms with van der Waals surface area (Å²) in [6.45, 7) is 0. The summed E-state index contributed by atoms with van der Waals surface area (Å²) < 4.78 is 19.7. The number of methoxy groups -OCH3 is 1. The molecule has 0 aromatic heterocycles. The summed E-state index contributed by atoms with van der Waals surface area (Å²) >= 11 is 0. The van der Waals surface area contributed by atoms with Crippen LogP contribution in [-0.4, -0.2) is 13.4 Å². The fourth-order valence-corrected chi connectivity index (χ4v) is 6.44. The van der Waals surface area contributed by atoms with Gasteiger partial charge in [0.2, 0.25) is 0 Å². The standard InChI is InChI=1S/C22H21O3P/c1-25-19-14-12-18(13-15-19)22(16-17-23)26(24,20-8-4-2-5-9-20)21-10-6-3-7-11-21/h2-15,17,22H,16H2,1H3. The summed E-state index contributed by atoms with van der Waals surface area (Å²) in [5.74, 6) is 0.729. The molecule has 0 aliphatic heterocycles. The minimum absolute atomic E-state index is 0.188. The molecule has 0 saturated heterocycles. The van der Waals surface area contributed by atoms with Crippen molar-refractivity contribution in [2.24, 2.45) is 0 Å². The molecule has 3 nitrogen and oxygen atoms in total. The topological polar surface area (TPSA) is 43.4 Å². The van der Waals surface area contributed by atoms with E-state index in [4.69, 9.17) is 4.74 Å². The Morgan fingerprint density at radius 3 is 1.77 bits per heavy atom. The van der Waals surface area contributed by atoms with Crippen LogP contribution in [0.1, 0.15) is 17.6 Å². The molecule has 0 bridgehead atoms. The zero-order valence-corrected chi connectivity index (χ0v) is 15.5. The van der Waals surface area contributed by atoms with E-state index in [9.17, 15) is 9.36 Å². The van der Waals surface area contributed by atoms with Gasteiger partial charge in [-0.25, -0.2) is 0 Å². The van der Waals surface area contributed by atoms with Crippen molar-refractivity contribution < 1.29 is 14.1 Å². The van der Waals surface area contributed by atoms with Gasteiger partial charge in [-0.15, -0.1) is 0 Å². The van der Waals surface area contributed by atoms with Crippen molar-refractivity contribution in [2.75, 3.05) is 7.11 Å². The molecule has 1 unspecified atom stereocenters. The van der Waals surface area contributed by atoms with E-state index < -0.39 is 12.8 Å². The minimum Gasteiger partial charge on any atom is -0.497 e. The van der Waals surface area contributed by atoms with Crippen LogP contribution in [0.3, 0.4) is 0 Å². The second kappa shape index (κ2) is 8.16. The number of carbonyl (C=O) groups is 1. The van der Waals surface area contributed by atoms with Crippen molar-refractivity contribution in [2.45, 2.75) is 12.1 Å². The molecule has 3 aromatic rings. The highest BCUT2D eigenvalue weighted by atomic mass is 31.2. The summed E-state index contributed by atoms with van der Waals surface area (Å²) in [5.41, 5.74) is 0.449. The highest BCUT2D eigenvalue weighted by molar-refractivity contribution is 7.79. The number of hydrogen-bond donors (Lipinski definition) is 0. The summed E-state index contributed by atoms with van der Waals surface area (Å²) in [6.07, 6.45) is 1.04. The van der Waals surface area contributed by atoms with Gasteiger partial charge < -0.3 is 14.1 Å². The predicted octanol–water partition coefficient (Wildman–Crippen LogP) is 4.34. The fraction of sp³-hybridized carbons (Fsp3) is 0.136. The number of hydrogen-bond acceptors (Lipinski definition) is 3. The van der Waals surface area contributed by atoms with Gasteiger partial charge in [0, 0.05) is 17.0 Å². The van der Waals surface area contributed by atoms with Crippen molar-refractivity contribution in [1.29, 1.82) is 0 Å². The Kier molecular flexibility index (Phi) is 5.70. The van der Waals surface area contributed by atoms with Crippen LogP contribution in [-0.2, 0) is 9.36 Å². The Hall–Kier alpha value is -2.64. The van der Waals surface area contributed by atoms with Crippen LogP contribution in [0.2, 0.25) is 0 Å². The maximum absolute atomic E-state index is 14.5. The molecule has 0 saturated carbocycles. The lowest BCUT2D eigenvalue weighted by Gasteiger charge is -2.28. The minimum atomic E-state index is -3.07. The second-order valence-corrected chi connectivity index (χ2v) is 8.99. The van der Waals surface area contributed by atoms with E-state index in [0.717, 1.165) is 28.2 Å². The maximum atomic E-state index is 14.5. The van der Waals surface area contributed by atoms with Crippen LogP contribution < -0.4 is 15.3 Å². The molecule has 0 radical (unpaired) electrons. The average Bonchev–Trinajstić information content (AvgIpc) is 2.73. The molecule has 1 atom stereocenters. The lowest BCUT2D eigenvalue weighted by Crippen LogP contribution is -2.21. The number of aldehydes is 1. The third-order valence-electron chi connectivity index (χ3n) is 4.54. The van der Waals surface area contributed by atoms with Gasteiger partial charge in [0.15, 0.2) is 7.14 Å². The second-order valence-electron chi connectivity index (χ2n) is 6.02. The van der Waals surface area contributed by atoms with Crippen LogP contribution in [0.15, 0.2) is 84.9 Å². The lowest BCUT2D eigenvalue weighted by molar-refractivity contribution is -0.107. The fourth-order valence-electron chi connectivity index (χ4n) is 3.22. The highest BCUT2D eigenvalue weighted by Gasteiger charge is 2.37. The third-order valence-corrected chi connectivity index (χ3v) is 8.06. The average molecular weight is 364 g/mol. The zero-order chi connectivity index (χ0) is 18.4. The SMILES string of the molecule is COc1ccc(C(CC=O)P(=O)(c2ccccc2)c2ccccc2)cc1. The van der Waals surface area contributed by atoms with E-state index >= 15 is 0 Å². The Bertz CT molecular complexity index is 846. The van der Waals surface area contributed by atoms with E-state index in [1.165, 1.54) is 0 Å². The molecule has 0 heterocycles. The Morgan fingerprint density at radius 1 is 0.846 bits per heavy atom. The maximum Gasteiger partial charge on any atom is 0.150 e. The Labute approximate surface area is 154 Å². The number of ether oxygens (including phenoxy) is 1. The molecule has 132 valence electrons. The van der Waals surface area contributed by atoms with Gasteiger partial charge >= 0.3 is 0 Å². The monoisotopic (exact) mass is 364 g/mol. The molecule has 3 aromatic carbocycles. The Morgan fingerprint density at radius 2 is 1.35 bits per heavy atom. The first-order valence-electron chi connectivity index (χ1n) is 8.48. The molecular weight excluding hydrogens is 343 g/mol. The zero-order valence-electron chi connectivity index (χ0n) is 14.6. The van der Waals surface area contributed by atoms with Crippen molar-refractivity contribution >= 4 is 24.0 Å². The van der Waals surface area contributed by atoms with Gasteiger partial charge in [0.25, 0.3) is 0 Å². The first-order valence-corrected chi connectivity index (χ1v) is 10.3. The quantitative estimate of drug-likeness (QED) is 0.463. The first-order chi connectivity index (χ1) is 12.7. The van der Waals surface area contributed by atoms with Gasteiger partial charge in [-0.05, 0) is 17.7 Å². The van der Waals surface area contributed by atoms with Gasteiger partial charge in [0.1, 0.15) is 12.0 Å². The molecule has 0 amide bonds. The predicted molar refractivity (Wildman–Crippen MR) is 106 cm³/mol. The number of benzene rings is 3. The van der Waals surface area contributed by atoms with E-state index in [1.54, 1.807) is 7.11 Å². The third kappa shape index (κ3) is 3.49. The summed E-state index contributed by atoms with van der Waals surface area (Å²) in [7, 11) is -1.46. The van der Waals surface area contributed by atoms with E-state index in [0.29, 0.717) is 0 Å². The van der Waals surface area contributed by atoms with Crippen molar-refractivity contribution in [3.8, 4) is 5.75 Å². The van der Waals surface area contributed by atoms with E-state index in [2.05, 4.69) is 0 Å². The molecule has 3 rings (SSSR count). The molecule has 0 fully saturated rings. The molecule has 0 aliphatic rings. The van der Waals surface area contributed by atoms with Gasteiger partial charge in [-0.2, -0.15) is 0 Å². The molecular formula is C22H21O3P. The summed E-state index contributed by atoms with van der Waals surface area (Å²) in [4.78, 5) is 11.5. The lowest BCUT2D eigenvalue weighted by atomic mass is 10.1. The van der Waals surface area contributed by atoms with Crippen LogP contribution in [0, 0.1) is 0 Å². The van der Waals surface area contributed by atoms with Gasteiger partial charge in [-0.3, -0.25) is 0 Å². The van der Waals surface area contributed by atoms with Crippen LogP contribution >= 0.6 is 7.14 Å². The largest absolute Gasteiger partial charge is 0.497 e. The normalized spacial score (nSPS) is 12.3. The smallest absolute Gasteiger partial charge is 0.150 e. The molecule has 0 aliphatic carbocycles. The Balaban J connectivity index is 2.20. The van der Waals surface area contributed by atoms with Crippen LogP contribution in [0.5, 0.6) is 5.75 Å². The van der Waals surface area contributed by atoms with E-state index in [-0.39, 0.29) is 6.42 Å². The highest BCUT2D eigenvalue weighted by Crippen LogP contribution is 2.58. The van der Waals surface area contributed by atoms with Crippen LogP contribution in [0.25, 0.3) is 0 Å². The first kappa shape index (κ1) is 18.2. The number of rotatable bonds is 7. The summed E-state index contributed by atoms with van der Waals surface area (Å²) in [5, 5.41) is 1.52. The van der Waals surface area contributed by atoms with Crippen molar-refractivity contribution in [1.82, 2.24) is 0 Å². The summed E-state index contributed by atoms with van der Waals surface area (Å²) in [6, 6.07) is 26.4. The molecule has 0 spiro atoms. The molecule has 26 heavy (non-hydrogen) atoms. The van der Waals surface area contributed by atoms with Gasteiger partial charge in [0.05, 0.1) is 12.8 Å². The molecule has 4 heteroatoms. The van der Waals surface area contributed by atoms with E-state index in [1.807, 2.05) is 84.9 Å². The van der Waals surface area contributed by atoms with Gasteiger partial charge in [-0.1, -0.05) is 72.8 Å². The van der Waals surface area contributed by atoms with Crippen LogP contribution in [0.4, 0.5) is 0 Å². The molecule has 0 N–H and O–H groups in total. The van der Waals surface area contributed by atoms with Crippen molar-refractivity contribution in [3.05, 3.63) is 90.5 Å². The van der Waals surface area contributed by atoms with Crippen molar-refractivity contribution in [3.63, 3.8) is 0 Å².